The van der Waals surface area contributed by atoms with Crippen LogP contribution in [0.4, 0.5) is 0 Å². The van der Waals surface area contributed by atoms with Crippen LogP contribution >= 0.6 is 0 Å². The van der Waals surface area contributed by atoms with Crippen LogP contribution in [0.5, 0.6) is 23.0 Å². The van der Waals surface area contributed by atoms with Gasteiger partial charge in [0.2, 0.25) is 0 Å². The summed E-state index contributed by atoms with van der Waals surface area (Å²) in [6.45, 7) is 0. The van der Waals surface area contributed by atoms with Gasteiger partial charge in [0.15, 0.2) is 11.5 Å². The highest BCUT2D eigenvalue weighted by atomic mass is 32.2. The van der Waals surface area contributed by atoms with Gasteiger partial charge in [0.25, 0.3) is 0 Å². The Bertz CT molecular complexity index is 840. The van der Waals surface area contributed by atoms with Crippen LogP contribution in [0.2, 0.25) is 0 Å². The third-order valence-corrected chi connectivity index (χ3v) is 5.01. The molecule has 1 atom stereocenters. The van der Waals surface area contributed by atoms with Crippen molar-refractivity contribution in [2.24, 2.45) is 0 Å². The number of hydrogen-bond donors (Lipinski definition) is 5. The summed E-state index contributed by atoms with van der Waals surface area (Å²) in [7, 11) is -1.85. The molecular weight excluding hydrogens is 308 g/mol. The molecule has 0 fully saturated rings. The van der Waals surface area contributed by atoms with Crippen molar-refractivity contribution in [1.82, 2.24) is 0 Å². The molecule has 1 unspecified atom stereocenters. The number of phenolic OH excluding ortho intramolecular Hbond substituents is 4. The van der Waals surface area contributed by atoms with Crippen molar-refractivity contribution in [3.05, 3.63) is 47.2 Å². The monoisotopic (exact) mass is 320 g/mol. The van der Waals surface area contributed by atoms with E-state index < -0.39 is 16.5 Å². The lowest BCUT2D eigenvalue weighted by Crippen LogP contribution is -2.11. The smallest absolute Gasteiger partial charge is 0.158 e. The van der Waals surface area contributed by atoms with Crippen molar-refractivity contribution in [2.45, 2.75) is 11.3 Å². The van der Waals surface area contributed by atoms with Crippen LogP contribution in [-0.4, -0.2) is 29.7 Å². The summed E-state index contributed by atoms with van der Waals surface area (Å²) >= 11 is 0. The second-order valence-electron chi connectivity index (χ2n) is 4.87. The van der Waals surface area contributed by atoms with Gasteiger partial charge in [-0.1, -0.05) is 0 Å². The van der Waals surface area contributed by atoms with E-state index in [4.69, 9.17) is 0 Å². The Hall–Kier alpha value is -2.67. The lowest BCUT2D eigenvalue weighted by Gasteiger charge is -2.20. The standard InChI is InChI=1S/C15H12O6S/c16-8-4-11(18)9-6-13(20)15(22(21)14(9)5-8)7-1-2-10(17)12(19)3-7/h1-5,16-20H,6H2. The molecular formula is C15H12O6S. The van der Waals surface area contributed by atoms with Crippen LogP contribution in [0.3, 0.4) is 0 Å². The van der Waals surface area contributed by atoms with E-state index in [1.54, 1.807) is 0 Å². The lowest BCUT2D eigenvalue weighted by atomic mass is 10.1. The topological polar surface area (TPSA) is 118 Å². The molecule has 7 heteroatoms. The first-order valence-electron chi connectivity index (χ1n) is 6.29. The minimum Gasteiger partial charge on any atom is -0.511 e. The maximum absolute atomic E-state index is 12.7. The molecule has 0 aromatic heterocycles. The van der Waals surface area contributed by atoms with Crippen molar-refractivity contribution in [1.29, 1.82) is 0 Å². The van der Waals surface area contributed by atoms with Crippen molar-refractivity contribution in [2.75, 3.05) is 0 Å². The first-order chi connectivity index (χ1) is 10.4. The largest absolute Gasteiger partial charge is 0.511 e. The van der Waals surface area contributed by atoms with Crippen LogP contribution in [0, 0.1) is 0 Å². The molecule has 0 saturated carbocycles. The van der Waals surface area contributed by atoms with Crippen molar-refractivity contribution < 1.29 is 29.7 Å². The zero-order valence-electron chi connectivity index (χ0n) is 11.1. The zero-order valence-corrected chi connectivity index (χ0v) is 12.0. The van der Waals surface area contributed by atoms with Crippen LogP contribution in [0.25, 0.3) is 4.91 Å². The molecule has 2 aromatic carbocycles. The number of rotatable bonds is 1. The number of hydrogen-bond acceptors (Lipinski definition) is 6. The molecule has 1 aliphatic rings. The number of benzene rings is 2. The second-order valence-corrected chi connectivity index (χ2v) is 6.25. The number of allylic oxidation sites excluding steroid dienone is 1. The maximum atomic E-state index is 12.7. The first kappa shape index (κ1) is 14.3. The fourth-order valence-corrected chi connectivity index (χ4v) is 3.84. The summed E-state index contributed by atoms with van der Waals surface area (Å²) < 4.78 is 12.7. The van der Waals surface area contributed by atoms with Crippen LogP contribution < -0.4 is 0 Å². The molecule has 0 bridgehead atoms. The van der Waals surface area contributed by atoms with E-state index in [0.29, 0.717) is 0 Å². The number of fused-ring (bicyclic) bond motifs is 1. The fraction of sp³-hybridized carbons (Fsp3) is 0.0667. The Labute approximate surface area is 127 Å². The summed E-state index contributed by atoms with van der Waals surface area (Å²) in [6.07, 6.45) is -0.0514. The van der Waals surface area contributed by atoms with Gasteiger partial charge in [0.05, 0.1) is 20.6 Å². The fourth-order valence-electron chi connectivity index (χ4n) is 2.36. The predicted molar refractivity (Wildman–Crippen MR) is 79.2 cm³/mol. The number of aromatic hydroxyl groups is 4. The van der Waals surface area contributed by atoms with Gasteiger partial charge in [-0.2, -0.15) is 0 Å². The van der Waals surface area contributed by atoms with Gasteiger partial charge in [-0.3, -0.25) is 0 Å². The molecule has 114 valence electrons. The highest BCUT2D eigenvalue weighted by molar-refractivity contribution is 7.94. The van der Waals surface area contributed by atoms with Gasteiger partial charge in [-0.25, -0.2) is 4.21 Å². The van der Waals surface area contributed by atoms with Gasteiger partial charge >= 0.3 is 0 Å². The van der Waals surface area contributed by atoms with Gasteiger partial charge in [-0.15, -0.1) is 0 Å². The highest BCUT2D eigenvalue weighted by Crippen LogP contribution is 2.41. The molecule has 1 aliphatic heterocycles. The highest BCUT2D eigenvalue weighted by Gasteiger charge is 2.29. The lowest BCUT2D eigenvalue weighted by molar-refractivity contribution is 0.392. The Morgan fingerprint density at radius 3 is 2.27 bits per heavy atom. The molecule has 22 heavy (non-hydrogen) atoms. The van der Waals surface area contributed by atoms with E-state index in [-0.39, 0.29) is 50.4 Å². The predicted octanol–water partition coefficient (Wildman–Crippen LogP) is 2.10. The van der Waals surface area contributed by atoms with E-state index in [0.717, 1.165) is 6.07 Å². The summed E-state index contributed by atoms with van der Waals surface area (Å²) in [5.74, 6) is -1.43. The molecule has 2 aromatic rings. The molecule has 1 heterocycles. The molecule has 0 spiro atoms. The molecule has 0 amide bonds. The van der Waals surface area contributed by atoms with E-state index >= 15 is 0 Å². The van der Waals surface area contributed by atoms with Crippen LogP contribution in [0.1, 0.15) is 11.1 Å². The van der Waals surface area contributed by atoms with Crippen LogP contribution in [-0.2, 0) is 17.2 Å². The van der Waals surface area contributed by atoms with E-state index in [1.807, 2.05) is 0 Å². The molecule has 6 nitrogen and oxygen atoms in total. The minimum absolute atomic E-state index is 0.0514. The molecule has 0 radical (unpaired) electrons. The summed E-state index contributed by atoms with van der Waals surface area (Å²) in [5, 5.41) is 48.4. The first-order valence-corrected chi connectivity index (χ1v) is 7.44. The molecule has 0 aliphatic carbocycles. The average Bonchev–Trinajstić information content (AvgIpc) is 2.44. The number of phenols is 4. The van der Waals surface area contributed by atoms with Gasteiger partial charge in [-0.05, 0) is 29.8 Å². The van der Waals surface area contributed by atoms with E-state index in [1.165, 1.54) is 24.3 Å². The molecule has 3 rings (SSSR count). The van der Waals surface area contributed by atoms with Gasteiger partial charge < -0.3 is 25.5 Å². The average molecular weight is 320 g/mol. The maximum Gasteiger partial charge on any atom is 0.158 e. The normalized spacial score (nSPS) is 17.4. The zero-order chi connectivity index (χ0) is 16.0. The van der Waals surface area contributed by atoms with E-state index in [9.17, 15) is 29.7 Å². The minimum atomic E-state index is -1.85. The van der Waals surface area contributed by atoms with Crippen molar-refractivity contribution in [3.8, 4) is 23.0 Å². The van der Waals surface area contributed by atoms with Crippen LogP contribution in [0.15, 0.2) is 41.0 Å². The third-order valence-electron chi connectivity index (χ3n) is 3.40. The molecule has 5 N–H and O–H groups in total. The Morgan fingerprint density at radius 1 is 0.864 bits per heavy atom. The van der Waals surface area contributed by atoms with E-state index in [2.05, 4.69) is 0 Å². The quantitative estimate of drug-likeness (QED) is 0.514. The van der Waals surface area contributed by atoms with Crippen molar-refractivity contribution in [3.63, 3.8) is 0 Å². The summed E-state index contributed by atoms with van der Waals surface area (Å²) in [4.78, 5) is 0.255. The SMILES string of the molecule is O=S1C(c2ccc(O)c(O)c2)=C(O)Cc2c(O)cc(O)cc21. The van der Waals surface area contributed by atoms with Gasteiger partial charge in [0, 0.05) is 18.1 Å². The summed E-state index contributed by atoms with van der Waals surface area (Å²) in [5.41, 5.74) is 0.556. The Balaban J connectivity index is 2.17. The van der Waals surface area contributed by atoms with Gasteiger partial charge in [0.1, 0.15) is 17.3 Å². The summed E-state index contributed by atoms with van der Waals surface area (Å²) in [6, 6.07) is 6.19. The van der Waals surface area contributed by atoms with Crippen molar-refractivity contribution >= 4 is 15.7 Å². The molecule has 0 saturated heterocycles. The number of aliphatic hydroxyl groups is 1. The second kappa shape index (κ2) is 4.96. The number of aliphatic hydroxyl groups excluding tert-OH is 1. The Kier molecular flexibility index (Phi) is 3.22. The third kappa shape index (κ3) is 2.15. The Morgan fingerprint density at radius 2 is 1.59 bits per heavy atom.